The van der Waals surface area contributed by atoms with Crippen LogP contribution in [0.5, 0.6) is 0 Å². The van der Waals surface area contributed by atoms with Crippen molar-refractivity contribution >= 4 is 16.5 Å². The number of pyridine rings is 1. The van der Waals surface area contributed by atoms with Crippen LogP contribution in [0.2, 0.25) is 0 Å². The molecule has 1 atom stereocenters. The van der Waals surface area contributed by atoms with E-state index in [-0.39, 0.29) is 0 Å². The predicted octanol–water partition coefficient (Wildman–Crippen LogP) is 2.42. The van der Waals surface area contributed by atoms with Gasteiger partial charge in [-0.25, -0.2) is 0 Å². The van der Waals surface area contributed by atoms with Gasteiger partial charge in [0.15, 0.2) is 0 Å². The fourth-order valence-corrected chi connectivity index (χ4v) is 2.82. The Bertz CT molecular complexity index is 533. The van der Waals surface area contributed by atoms with Crippen LogP contribution in [-0.4, -0.2) is 30.7 Å². The van der Waals surface area contributed by atoms with E-state index in [1.807, 2.05) is 12.4 Å². The lowest BCUT2D eigenvalue weighted by Gasteiger charge is -2.20. The van der Waals surface area contributed by atoms with Crippen LogP contribution in [0.4, 0.5) is 5.69 Å². The van der Waals surface area contributed by atoms with Crippen molar-refractivity contribution in [2.45, 2.75) is 19.4 Å². The normalized spacial score (nSPS) is 19.6. The molecule has 3 nitrogen and oxygen atoms in total. The number of hydrogen-bond acceptors (Lipinski definition) is 3. The van der Waals surface area contributed by atoms with E-state index in [1.54, 1.807) is 0 Å². The van der Waals surface area contributed by atoms with Crippen LogP contribution in [0.1, 0.15) is 13.3 Å². The Kier molecular flexibility index (Phi) is 3.15. The number of anilines is 1. The highest BCUT2D eigenvalue weighted by Crippen LogP contribution is 2.28. The fraction of sp³-hybridized carbons (Fsp3) is 0.400. The molecule has 2 heterocycles. The highest BCUT2D eigenvalue weighted by Gasteiger charge is 2.22. The standard InChI is InChI=1S/C15H19N3/c1-2-17-13-7-9-18(11-13)15-5-3-4-12-10-16-8-6-14(12)15/h3-6,8,10,13,17H,2,7,9,11H2,1H3. The molecule has 1 aliphatic rings. The van der Waals surface area contributed by atoms with Crippen LogP contribution in [0.3, 0.4) is 0 Å². The fourth-order valence-electron chi connectivity index (χ4n) is 2.82. The van der Waals surface area contributed by atoms with Crippen LogP contribution < -0.4 is 10.2 Å². The highest BCUT2D eigenvalue weighted by atomic mass is 15.2. The lowest BCUT2D eigenvalue weighted by molar-refractivity contribution is 0.572. The number of nitrogens with one attached hydrogen (secondary N) is 1. The SMILES string of the molecule is CCNC1CCN(c2cccc3cnccc23)C1. The third-order valence-corrected chi connectivity index (χ3v) is 3.68. The number of hydrogen-bond donors (Lipinski definition) is 1. The number of benzene rings is 1. The summed E-state index contributed by atoms with van der Waals surface area (Å²) in [6.07, 6.45) is 5.05. The molecule has 94 valence electrons. The van der Waals surface area contributed by atoms with Gasteiger partial charge in [0.25, 0.3) is 0 Å². The van der Waals surface area contributed by atoms with E-state index in [0.29, 0.717) is 6.04 Å². The molecule has 1 fully saturated rings. The number of aromatic nitrogens is 1. The minimum Gasteiger partial charge on any atom is -0.369 e. The van der Waals surface area contributed by atoms with Crippen molar-refractivity contribution < 1.29 is 0 Å². The highest BCUT2D eigenvalue weighted by molar-refractivity contribution is 5.93. The summed E-state index contributed by atoms with van der Waals surface area (Å²) in [4.78, 5) is 6.68. The molecule has 0 bridgehead atoms. The molecule has 1 N–H and O–H groups in total. The van der Waals surface area contributed by atoms with Crippen molar-refractivity contribution in [1.29, 1.82) is 0 Å². The lowest BCUT2D eigenvalue weighted by Crippen LogP contribution is -2.32. The topological polar surface area (TPSA) is 28.2 Å². The largest absolute Gasteiger partial charge is 0.369 e. The smallest absolute Gasteiger partial charge is 0.0447 e. The van der Waals surface area contributed by atoms with E-state index in [9.17, 15) is 0 Å². The minimum atomic E-state index is 0.632. The molecule has 0 spiro atoms. The molecule has 3 rings (SSSR count). The first kappa shape index (κ1) is 11.5. The Morgan fingerprint density at radius 2 is 2.33 bits per heavy atom. The van der Waals surface area contributed by atoms with Gasteiger partial charge in [0, 0.05) is 48.0 Å². The third kappa shape index (κ3) is 2.06. The molecule has 2 aromatic rings. The van der Waals surface area contributed by atoms with Crippen LogP contribution in [-0.2, 0) is 0 Å². The Balaban J connectivity index is 1.91. The molecule has 1 aromatic heterocycles. The number of rotatable bonds is 3. The average molecular weight is 241 g/mol. The zero-order valence-corrected chi connectivity index (χ0v) is 10.8. The molecule has 1 unspecified atom stereocenters. The van der Waals surface area contributed by atoms with Crippen molar-refractivity contribution in [3.05, 3.63) is 36.7 Å². The van der Waals surface area contributed by atoms with Gasteiger partial charge < -0.3 is 10.2 Å². The van der Waals surface area contributed by atoms with Crippen molar-refractivity contribution in [2.75, 3.05) is 24.5 Å². The Morgan fingerprint density at radius 3 is 3.22 bits per heavy atom. The lowest BCUT2D eigenvalue weighted by atomic mass is 10.1. The van der Waals surface area contributed by atoms with E-state index in [4.69, 9.17) is 0 Å². The van der Waals surface area contributed by atoms with E-state index >= 15 is 0 Å². The maximum absolute atomic E-state index is 4.19. The van der Waals surface area contributed by atoms with Gasteiger partial charge in [0.05, 0.1) is 0 Å². The van der Waals surface area contributed by atoms with Gasteiger partial charge in [-0.05, 0) is 25.1 Å². The molecule has 0 radical (unpaired) electrons. The van der Waals surface area contributed by atoms with Crippen molar-refractivity contribution in [2.24, 2.45) is 0 Å². The third-order valence-electron chi connectivity index (χ3n) is 3.68. The molecule has 0 saturated carbocycles. The summed E-state index contributed by atoms with van der Waals surface area (Å²) in [5, 5.41) is 6.07. The van der Waals surface area contributed by atoms with E-state index in [2.05, 4.69) is 46.4 Å². The zero-order chi connectivity index (χ0) is 12.4. The summed E-state index contributed by atoms with van der Waals surface area (Å²) in [7, 11) is 0. The second kappa shape index (κ2) is 4.94. The van der Waals surface area contributed by atoms with E-state index in [1.165, 1.54) is 22.9 Å². The minimum absolute atomic E-state index is 0.632. The van der Waals surface area contributed by atoms with Crippen LogP contribution >= 0.6 is 0 Å². The van der Waals surface area contributed by atoms with E-state index in [0.717, 1.165) is 19.6 Å². The maximum atomic E-state index is 4.19. The number of nitrogens with zero attached hydrogens (tertiary/aromatic N) is 2. The molecule has 1 aromatic carbocycles. The second-order valence-electron chi connectivity index (χ2n) is 4.86. The Labute approximate surface area is 108 Å². The molecular weight excluding hydrogens is 222 g/mol. The summed E-state index contributed by atoms with van der Waals surface area (Å²) in [5.41, 5.74) is 1.34. The summed E-state index contributed by atoms with van der Waals surface area (Å²) in [6.45, 7) is 5.47. The first-order chi connectivity index (χ1) is 8.88. The monoisotopic (exact) mass is 241 g/mol. The predicted molar refractivity (Wildman–Crippen MR) is 76.0 cm³/mol. The van der Waals surface area contributed by atoms with Gasteiger partial charge in [-0.3, -0.25) is 4.98 Å². The van der Waals surface area contributed by atoms with Crippen LogP contribution in [0.15, 0.2) is 36.7 Å². The maximum Gasteiger partial charge on any atom is 0.0447 e. The first-order valence-electron chi connectivity index (χ1n) is 6.69. The zero-order valence-electron chi connectivity index (χ0n) is 10.8. The molecular formula is C15H19N3. The van der Waals surface area contributed by atoms with Gasteiger partial charge in [0.2, 0.25) is 0 Å². The summed E-state index contributed by atoms with van der Waals surface area (Å²) in [5.74, 6) is 0. The van der Waals surface area contributed by atoms with Crippen molar-refractivity contribution in [3.8, 4) is 0 Å². The first-order valence-corrected chi connectivity index (χ1v) is 6.69. The summed E-state index contributed by atoms with van der Waals surface area (Å²) in [6, 6.07) is 9.22. The van der Waals surface area contributed by atoms with Crippen LogP contribution in [0, 0.1) is 0 Å². The van der Waals surface area contributed by atoms with Gasteiger partial charge in [-0.2, -0.15) is 0 Å². The van der Waals surface area contributed by atoms with Crippen molar-refractivity contribution in [3.63, 3.8) is 0 Å². The second-order valence-corrected chi connectivity index (χ2v) is 4.86. The molecule has 0 amide bonds. The van der Waals surface area contributed by atoms with Crippen LogP contribution in [0.25, 0.3) is 10.8 Å². The molecule has 1 saturated heterocycles. The van der Waals surface area contributed by atoms with Gasteiger partial charge >= 0.3 is 0 Å². The van der Waals surface area contributed by atoms with Crippen molar-refractivity contribution in [1.82, 2.24) is 10.3 Å². The Hall–Kier alpha value is -1.61. The average Bonchev–Trinajstić information content (AvgIpc) is 2.87. The summed E-state index contributed by atoms with van der Waals surface area (Å²) < 4.78 is 0. The Morgan fingerprint density at radius 1 is 1.39 bits per heavy atom. The van der Waals surface area contributed by atoms with Gasteiger partial charge in [0.1, 0.15) is 0 Å². The molecule has 3 heteroatoms. The number of likely N-dealkylation sites (N-methyl/N-ethyl adjacent to an activating group) is 1. The quantitative estimate of drug-likeness (QED) is 0.894. The van der Waals surface area contributed by atoms with E-state index < -0.39 is 0 Å². The molecule has 0 aliphatic carbocycles. The summed E-state index contributed by atoms with van der Waals surface area (Å²) >= 11 is 0. The van der Waals surface area contributed by atoms with Gasteiger partial charge in [-0.15, -0.1) is 0 Å². The molecule has 18 heavy (non-hydrogen) atoms. The van der Waals surface area contributed by atoms with Gasteiger partial charge in [-0.1, -0.05) is 19.1 Å². The molecule has 1 aliphatic heterocycles. The number of fused-ring (bicyclic) bond motifs is 1.